The van der Waals surface area contributed by atoms with Gasteiger partial charge in [-0.25, -0.2) is 8.42 Å². The third-order valence-electron chi connectivity index (χ3n) is 3.91. The second-order valence-electron chi connectivity index (χ2n) is 5.73. The second-order valence-corrected chi connectivity index (χ2v) is 7.41. The van der Waals surface area contributed by atoms with Crippen molar-refractivity contribution in [1.29, 1.82) is 0 Å². The number of hydrogen-bond donors (Lipinski definition) is 2. The van der Waals surface area contributed by atoms with Crippen molar-refractivity contribution < 1.29 is 22.7 Å². The van der Waals surface area contributed by atoms with Crippen molar-refractivity contribution in [3.05, 3.63) is 53.6 Å². The fourth-order valence-corrected chi connectivity index (χ4v) is 2.98. The minimum atomic E-state index is -3.89. The number of hydrazine groups is 1. The topological polar surface area (TPSA) is 93.7 Å². The molecule has 26 heavy (non-hydrogen) atoms. The maximum absolute atomic E-state index is 12.2. The second kappa shape index (κ2) is 8.20. The fourth-order valence-electron chi connectivity index (χ4n) is 2.13. The summed E-state index contributed by atoms with van der Waals surface area (Å²) < 4.78 is 35.0. The molecule has 0 fully saturated rings. The first-order valence-corrected chi connectivity index (χ1v) is 9.41. The van der Waals surface area contributed by atoms with Gasteiger partial charge in [0, 0.05) is 0 Å². The highest BCUT2D eigenvalue weighted by Gasteiger charge is 2.20. The summed E-state index contributed by atoms with van der Waals surface area (Å²) in [6.07, 6.45) is -0.880. The van der Waals surface area contributed by atoms with Crippen LogP contribution in [0.1, 0.15) is 18.1 Å². The van der Waals surface area contributed by atoms with Gasteiger partial charge < -0.3 is 9.47 Å². The molecule has 2 rings (SSSR count). The number of hydrogen-bond acceptors (Lipinski definition) is 5. The Hall–Kier alpha value is -2.58. The molecule has 2 aromatic carbocycles. The number of aryl methyl sites for hydroxylation is 1. The number of ether oxygens (including phenoxy) is 2. The van der Waals surface area contributed by atoms with Crippen molar-refractivity contribution in [2.75, 3.05) is 7.11 Å². The fraction of sp³-hybridized carbons (Fsp3) is 0.278. The van der Waals surface area contributed by atoms with Crippen LogP contribution in [0.15, 0.2) is 47.4 Å². The van der Waals surface area contributed by atoms with Crippen LogP contribution in [0.2, 0.25) is 0 Å². The third-order valence-corrected chi connectivity index (χ3v) is 5.17. The van der Waals surface area contributed by atoms with Gasteiger partial charge in [0.2, 0.25) is 0 Å². The minimum Gasteiger partial charge on any atom is -0.497 e. The van der Waals surface area contributed by atoms with E-state index in [1.807, 2.05) is 26.0 Å². The molecule has 140 valence electrons. The highest BCUT2D eigenvalue weighted by atomic mass is 32.2. The van der Waals surface area contributed by atoms with E-state index in [-0.39, 0.29) is 4.90 Å². The van der Waals surface area contributed by atoms with Gasteiger partial charge >= 0.3 is 0 Å². The van der Waals surface area contributed by atoms with Gasteiger partial charge in [0.25, 0.3) is 15.9 Å². The molecule has 1 amide bonds. The smallest absolute Gasteiger partial charge is 0.275 e. The zero-order chi connectivity index (χ0) is 19.3. The molecule has 0 saturated heterocycles. The van der Waals surface area contributed by atoms with Gasteiger partial charge in [0.1, 0.15) is 11.5 Å². The lowest BCUT2D eigenvalue weighted by Gasteiger charge is -2.17. The van der Waals surface area contributed by atoms with E-state index >= 15 is 0 Å². The number of carbonyl (C=O) groups is 1. The van der Waals surface area contributed by atoms with E-state index in [4.69, 9.17) is 9.47 Å². The average Bonchev–Trinajstić information content (AvgIpc) is 2.63. The molecule has 8 heteroatoms. The third kappa shape index (κ3) is 4.74. The summed E-state index contributed by atoms with van der Waals surface area (Å²) in [6.45, 7) is 5.37. The highest BCUT2D eigenvalue weighted by molar-refractivity contribution is 7.89. The predicted molar refractivity (Wildman–Crippen MR) is 97.5 cm³/mol. The number of carbonyl (C=O) groups excluding carboxylic acids is 1. The summed E-state index contributed by atoms with van der Waals surface area (Å²) in [5, 5.41) is 0. The maximum Gasteiger partial charge on any atom is 0.275 e. The van der Waals surface area contributed by atoms with Crippen molar-refractivity contribution in [1.82, 2.24) is 10.3 Å². The van der Waals surface area contributed by atoms with Crippen LogP contribution in [0.4, 0.5) is 0 Å². The predicted octanol–water partition coefficient (Wildman–Crippen LogP) is 2.09. The monoisotopic (exact) mass is 378 g/mol. The lowest BCUT2D eigenvalue weighted by molar-refractivity contribution is -0.127. The molecule has 2 N–H and O–H groups in total. The summed E-state index contributed by atoms with van der Waals surface area (Å²) in [5.41, 5.74) is 4.13. The number of sulfonamides is 1. The number of rotatable bonds is 7. The summed E-state index contributed by atoms with van der Waals surface area (Å²) >= 11 is 0. The van der Waals surface area contributed by atoms with Crippen LogP contribution in [-0.4, -0.2) is 27.5 Å². The number of nitrogens with one attached hydrogen (secondary N) is 2. The largest absolute Gasteiger partial charge is 0.497 e. The van der Waals surface area contributed by atoms with Crippen LogP contribution in [0.3, 0.4) is 0 Å². The Bertz CT molecular complexity index is 879. The number of methoxy groups -OCH3 is 1. The Morgan fingerprint density at radius 3 is 2.35 bits per heavy atom. The molecule has 0 aliphatic heterocycles. The van der Waals surface area contributed by atoms with E-state index in [1.165, 1.54) is 31.4 Å². The average molecular weight is 378 g/mol. The molecule has 0 unspecified atom stereocenters. The SMILES string of the molecule is COc1ccc(S(=O)(=O)NNC(=O)[C@H](C)Oc2cccc(C)c2C)cc1. The quantitative estimate of drug-likeness (QED) is 0.720. The van der Waals surface area contributed by atoms with Crippen molar-refractivity contribution in [3.8, 4) is 11.5 Å². The van der Waals surface area contributed by atoms with Gasteiger partial charge in [-0.05, 0) is 62.2 Å². The Kier molecular flexibility index (Phi) is 6.23. The number of amides is 1. The summed E-state index contributed by atoms with van der Waals surface area (Å²) in [5.74, 6) is 0.497. The molecule has 0 bridgehead atoms. The first-order chi connectivity index (χ1) is 12.2. The van der Waals surface area contributed by atoms with E-state index in [2.05, 4.69) is 10.3 Å². The summed E-state index contributed by atoms with van der Waals surface area (Å²) in [4.78, 5) is 14.2. The Balaban J connectivity index is 1.99. The number of benzene rings is 2. The molecule has 0 heterocycles. The Morgan fingerprint density at radius 1 is 1.08 bits per heavy atom. The van der Waals surface area contributed by atoms with Crippen LogP contribution >= 0.6 is 0 Å². The molecule has 0 radical (unpaired) electrons. The molecule has 0 aliphatic rings. The van der Waals surface area contributed by atoms with Gasteiger partial charge in [-0.3, -0.25) is 10.2 Å². The van der Waals surface area contributed by atoms with Gasteiger partial charge in [0.05, 0.1) is 12.0 Å². The van der Waals surface area contributed by atoms with Crippen LogP contribution in [0.5, 0.6) is 11.5 Å². The molecule has 1 atom stereocenters. The van der Waals surface area contributed by atoms with E-state index in [0.29, 0.717) is 11.5 Å². The summed E-state index contributed by atoms with van der Waals surface area (Å²) in [7, 11) is -2.41. The lowest BCUT2D eigenvalue weighted by atomic mass is 10.1. The first kappa shape index (κ1) is 19.7. The van der Waals surface area contributed by atoms with Crippen molar-refractivity contribution >= 4 is 15.9 Å². The van der Waals surface area contributed by atoms with Crippen molar-refractivity contribution in [2.45, 2.75) is 31.8 Å². The van der Waals surface area contributed by atoms with Gasteiger partial charge in [-0.1, -0.05) is 12.1 Å². The first-order valence-electron chi connectivity index (χ1n) is 7.93. The van der Waals surface area contributed by atoms with E-state index in [1.54, 1.807) is 13.0 Å². The van der Waals surface area contributed by atoms with Crippen LogP contribution in [0.25, 0.3) is 0 Å². The van der Waals surface area contributed by atoms with E-state index in [9.17, 15) is 13.2 Å². The van der Waals surface area contributed by atoms with Crippen LogP contribution in [0, 0.1) is 13.8 Å². The maximum atomic E-state index is 12.2. The van der Waals surface area contributed by atoms with E-state index < -0.39 is 22.0 Å². The van der Waals surface area contributed by atoms with Gasteiger partial charge in [0.15, 0.2) is 6.10 Å². The van der Waals surface area contributed by atoms with E-state index in [0.717, 1.165) is 11.1 Å². The van der Waals surface area contributed by atoms with Crippen LogP contribution < -0.4 is 19.7 Å². The molecule has 2 aromatic rings. The normalized spacial score (nSPS) is 12.3. The molecular weight excluding hydrogens is 356 g/mol. The highest BCUT2D eigenvalue weighted by Crippen LogP contribution is 2.21. The molecule has 0 aliphatic carbocycles. The molecule has 0 saturated carbocycles. The summed E-state index contributed by atoms with van der Waals surface area (Å²) in [6, 6.07) is 11.3. The molecule has 0 spiro atoms. The Morgan fingerprint density at radius 2 is 1.73 bits per heavy atom. The van der Waals surface area contributed by atoms with Gasteiger partial charge in [-0.2, -0.15) is 0 Å². The standard InChI is InChI=1S/C18H22N2O5S/c1-12-6-5-7-17(13(12)2)25-14(3)18(21)19-20-26(22,23)16-10-8-15(24-4)9-11-16/h5-11,14,20H,1-4H3,(H,19,21)/t14-/m0/s1. The van der Waals surface area contributed by atoms with Gasteiger partial charge in [-0.15, -0.1) is 4.83 Å². The zero-order valence-electron chi connectivity index (χ0n) is 15.1. The van der Waals surface area contributed by atoms with Crippen molar-refractivity contribution in [2.24, 2.45) is 0 Å². The molecule has 7 nitrogen and oxygen atoms in total. The Labute approximate surface area is 153 Å². The molecule has 0 aromatic heterocycles. The minimum absolute atomic E-state index is 0.00157. The zero-order valence-corrected chi connectivity index (χ0v) is 15.9. The van der Waals surface area contributed by atoms with Crippen molar-refractivity contribution in [3.63, 3.8) is 0 Å². The van der Waals surface area contributed by atoms with Crippen LogP contribution in [-0.2, 0) is 14.8 Å². The lowest BCUT2D eigenvalue weighted by Crippen LogP contribution is -2.47. The molecular formula is C18H22N2O5S.